The van der Waals surface area contributed by atoms with Gasteiger partial charge in [0.1, 0.15) is 5.75 Å². The van der Waals surface area contributed by atoms with E-state index in [0.29, 0.717) is 12.7 Å². The normalized spacial score (nSPS) is 12.2. The van der Waals surface area contributed by atoms with Gasteiger partial charge < -0.3 is 4.74 Å². The Labute approximate surface area is 205 Å². The summed E-state index contributed by atoms with van der Waals surface area (Å²) >= 11 is 0. The van der Waals surface area contributed by atoms with E-state index in [4.69, 9.17) is 4.74 Å². The van der Waals surface area contributed by atoms with Gasteiger partial charge in [0.2, 0.25) is 0 Å². The number of ether oxygens (including phenoxy) is 1. The zero-order valence-electron chi connectivity index (χ0n) is 21.2. The highest BCUT2D eigenvalue weighted by Gasteiger charge is 2.31. The third-order valence-electron chi connectivity index (χ3n) is 6.41. The van der Waals surface area contributed by atoms with Gasteiger partial charge in [0, 0.05) is 20.1 Å². The fourth-order valence-electron chi connectivity index (χ4n) is 4.09. The zero-order chi connectivity index (χ0) is 24.9. The maximum Gasteiger partial charge on any atom is 0.388 e. The molecule has 0 saturated carbocycles. The maximum atomic E-state index is 12.5. The number of pyridine rings is 1. The number of unbranched alkanes of at least 4 members (excludes halogenated alkanes) is 6. The van der Waals surface area contributed by atoms with Crippen LogP contribution in [-0.4, -0.2) is 25.8 Å². The van der Waals surface area contributed by atoms with Gasteiger partial charge in [-0.05, 0) is 43.0 Å². The summed E-state index contributed by atoms with van der Waals surface area (Å²) in [6.07, 6.45) is 7.85. The molecule has 0 unspecified atom stereocenters. The van der Waals surface area contributed by atoms with Crippen molar-refractivity contribution in [2.24, 2.45) is 0 Å². The quantitative estimate of drug-likeness (QED) is 0.172. The van der Waals surface area contributed by atoms with Crippen molar-refractivity contribution in [1.82, 2.24) is 4.98 Å². The molecule has 1 heterocycles. The second kappa shape index (κ2) is 14.5. The standard InChI is InChI=1S/C28H42F3NOSi/c1-4-5-6-7-8-9-12-24-13-15-25(16-14-24)27-18-17-26(23-32-27)33-20-10-11-21-34(2,3)22-19-28(29,30)31/h13-18,23H,4-12,19-22H2,1-3H3. The van der Waals surface area contributed by atoms with E-state index in [2.05, 4.69) is 36.2 Å². The minimum absolute atomic E-state index is 0.308. The van der Waals surface area contributed by atoms with Gasteiger partial charge in [0.15, 0.2) is 0 Å². The van der Waals surface area contributed by atoms with Crippen molar-refractivity contribution < 1.29 is 17.9 Å². The molecule has 0 aliphatic heterocycles. The Balaban J connectivity index is 1.68. The fourth-order valence-corrected chi connectivity index (χ4v) is 6.51. The van der Waals surface area contributed by atoms with Crippen LogP contribution in [0, 0.1) is 0 Å². The molecule has 1 aromatic heterocycles. The molecule has 0 fully saturated rings. The molecule has 2 rings (SSSR count). The lowest BCUT2D eigenvalue weighted by atomic mass is 10.0. The Morgan fingerprint density at radius 2 is 1.53 bits per heavy atom. The molecule has 0 N–H and O–H groups in total. The number of aryl methyl sites for hydroxylation is 1. The van der Waals surface area contributed by atoms with Crippen LogP contribution in [0.4, 0.5) is 13.2 Å². The van der Waals surface area contributed by atoms with Crippen molar-refractivity contribution in [2.45, 2.75) is 102 Å². The molecule has 2 nitrogen and oxygen atoms in total. The summed E-state index contributed by atoms with van der Waals surface area (Å²) in [5.74, 6) is 0.733. The number of alkyl halides is 3. The third kappa shape index (κ3) is 12.0. The smallest absolute Gasteiger partial charge is 0.388 e. The summed E-state index contributed by atoms with van der Waals surface area (Å²) in [6, 6.07) is 13.8. The SMILES string of the molecule is CCCCCCCCc1ccc(-c2ccc(OCCCC[Si](C)(C)CCC(F)(F)F)cn2)cc1. The van der Waals surface area contributed by atoms with Gasteiger partial charge in [-0.2, -0.15) is 13.2 Å². The van der Waals surface area contributed by atoms with E-state index in [1.165, 1.54) is 44.1 Å². The average Bonchev–Trinajstić information content (AvgIpc) is 2.80. The van der Waals surface area contributed by atoms with E-state index in [0.717, 1.165) is 42.3 Å². The van der Waals surface area contributed by atoms with Crippen LogP contribution in [-0.2, 0) is 6.42 Å². The monoisotopic (exact) mass is 493 g/mol. The number of halogens is 3. The first-order chi connectivity index (χ1) is 16.2. The van der Waals surface area contributed by atoms with Crippen LogP contribution in [0.15, 0.2) is 42.6 Å². The largest absolute Gasteiger partial charge is 0.492 e. The van der Waals surface area contributed by atoms with Gasteiger partial charge in [0.25, 0.3) is 0 Å². The van der Waals surface area contributed by atoms with Crippen molar-refractivity contribution in [3.63, 3.8) is 0 Å². The molecule has 0 atom stereocenters. The average molecular weight is 494 g/mol. The van der Waals surface area contributed by atoms with Crippen molar-refractivity contribution in [3.05, 3.63) is 48.2 Å². The molecule has 0 spiro atoms. The highest BCUT2D eigenvalue weighted by Crippen LogP contribution is 2.29. The van der Waals surface area contributed by atoms with E-state index in [9.17, 15) is 13.2 Å². The fraction of sp³-hybridized carbons (Fsp3) is 0.607. The summed E-state index contributed by atoms with van der Waals surface area (Å²) in [7, 11) is -1.79. The minimum Gasteiger partial charge on any atom is -0.492 e. The van der Waals surface area contributed by atoms with E-state index in [1.54, 1.807) is 6.20 Å². The molecule has 0 amide bonds. The number of hydrogen-bond donors (Lipinski definition) is 0. The van der Waals surface area contributed by atoms with Crippen LogP contribution < -0.4 is 4.74 Å². The van der Waals surface area contributed by atoms with Gasteiger partial charge in [-0.1, -0.05) is 88.9 Å². The molecule has 0 radical (unpaired) electrons. The Morgan fingerprint density at radius 3 is 2.18 bits per heavy atom. The molecule has 6 heteroatoms. The van der Waals surface area contributed by atoms with Crippen LogP contribution in [0.5, 0.6) is 5.75 Å². The summed E-state index contributed by atoms with van der Waals surface area (Å²) in [4.78, 5) is 4.54. The summed E-state index contributed by atoms with van der Waals surface area (Å²) in [5, 5.41) is 0. The van der Waals surface area contributed by atoms with Crippen LogP contribution in [0.25, 0.3) is 11.3 Å². The molecule has 0 saturated heterocycles. The lowest BCUT2D eigenvalue weighted by Gasteiger charge is -2.23. The van der Waals surface area contributed by atoms with E-state index >= 15 is 0 Å². The molecule has 2 aromatic rings. The molecule has 0 aliphatic carbocycles. The highest BCUT2D eigenvalue weighted by molar-refractivity contribution is 6.77. The van der Waals surface area contributed by atoms with Crippen molar-refractivity contribution in [2.75, 3.05) is 6.61 Å². The van der Waals surface area contributed by atoms with E-state index in [1.807, 2.05) is 25.2 Å². The maximum absolute atomic E-state index is 12.5. The van der Waals surface area contributed by atoms with Crippen molar-refractivity contribution in [1.29, 1.82) is 0 Å². The van der Waals surface area contributed by atoms with Crippen molar-refractivity contribution >= 4 is 8.07 Å². The van der Waals surface area contributed by atoms with Crippen molar-refractivity contribution in [3.8, 4) is 17.0 Å². The summed E-state index contributed by atoms with van der Waals surface area (Å²) in [6.45, 7) is 6.91. The Hall–Kier alpha value is -1.82. The van der Waals surface area contributed by atoms with Gasteiger partial charge in [-0.3, -0.25) is 4.98 Å². The first-order valence-corrected chi connectivity index (χ1v) is 16.3. The molecule has 34 heavy (non-hydrogen) atoms. The molecule has 0 bridgehead atoms. The number of hydrogen-bond acceptors (Lipinski definition) is 2. The number of nitrogens with zero attached hydrogens (tertiary/aromatic N) is 1. The number of aromatic nitrogens is 1. The highest BCUT2D eigenvalue weighted by atomic mass is 28.3. The van der Waals surface area contributed by atoms with Crippen LogP contribution in [0.1, 0.15) is 70.3 Å². The van der Waals surface area contributed by atoms with Crippen LogP contribution in [0.2, 0.25) is 25.2 Å². The van der Waals surface area contributed by atoms with Crippen LogP contribution >= 0.6 is 0 Å². The van der Waals surface area contributed by atoms with Crippen LogP contribution in [0.3, 0.4) is 0 Å². The van der Waals surface area contributed by atoms with E-state index < -0.39 is 20.7 Å². The molecular weight excluding hydrogens is 451 g/mol. The summed E-state index contributed by atoms with van der Waals surface area (Å²) in [5.41, 5.74) is 3.41. The van der Waals surface area contributed by atoms with Gasteiger partial charge >= 0.3 is 6.18 Å². The van der Waals surface area contributed by atoms with Gasteiger partial charge in [-0.15, -0.1) is 0 Å². The topological polar surface area (TPSA) is 22.1 Å². The molecule has 1 aromatic carbocycles. The predicted octanol–water partition coefficient (Wildman–Crippen LogP) is 9.47. The summed E-state index contributed by atoms with van der Waals surface area (Å²) < 4.78 is 43.2. The van der Waals surface area contributed by atoms with Gasteiger partial charge in [0.05, 0.1) is 18.5 Å². The predicted molar refractivity (Wildman–Crippen MR) is 139 cm³/mol. The second-order valence-corrected chi connectivity index (χ2v) is 15.5. The molecule has 0 aliphatic rings. The zero-order valence-corrected chi connectivity index (χ0v) is 22.2. The first-order valence-electron chi connectivity index (χ1n) is 12.9. The minimum atomic E-state index is -4.04. The molecular formula is C28H42F3NOSi. The number of rotatable bonds is 16. The lowest BCUT2D eigenvalue weighted by Crippen LogP contribution is -2.27. The Kier molecular flexibility index (Phi) is 12.2. The molecule has 190 valence electrons. The Bertz CT molecular complexity index is 804. The van der Waals surface area contributed by atoms with E-state index in [-0.39, 0.29) is 0 Å². The van der Waals surface area contributed by atoms with Gasteiger partial charge in [-0.25, -0.2) is 0 Å². The third-order valence-corrected chi connectivity index (χ3v) is 9.72. The second-order valence-electron chi connectivity index (χ2n) is 10.2. The number of benzene rings is 1. The Morgan fingerprint density at radius 1 is 0.824 bits per heavy atom. The first kappa shape index (κ1) is 28.4. The lowest BCUT2D eigenvalue weighted by molar-refractivity contribution is -0.130.